The van der Waals surface area contributed by atoms with Crippen LogP contribution in [0.4, 0.5) is 5.69 Å². The monoisotopic (exact) mass is 869 g/mol. The average Bonchev–Trinajstić information content (AvgIpc) is 3.91. The Labute approximate surface area is 394 Å². The van der Waals surface area contributed by atoms with Gasteiger partial charge in [0.25, 0.3) is 0 Å². The van der Waals surface area contributed by atoms with Crippen LogP contribution in [0.15, 0.2) is 231 Å². The molecule has 0 saturated heterocycles. The number of nitrogen functional groups attached to an aromatic ring is 1. The molecule has 5 heteroatoms. The van der Waals surface area contributed by atoms with Crippen LogP contribution in [0.1, 0.15) is 22.6 Å². The van der Waals surface area contributed by atoms with Crippen LogP contribution in [0.3, 0.4) is 0 Å². The fourth-order valence-electron chi connectivity index (χ4n) is 10.7. The van der Waals surface area contributed by atoms with Crippen LogP contribution >= 0.6 is 0 Å². The van der Waals surface area contributed by atoms with Crippen LogP contribution in [0.2, 0.25) is 0 Å². The molecule has 1 aliphatic carbocycles. The molecule has 2 N–H and O–H groups in total. The van der Waals surface area contributed by atoms with Crippen LogP contribution in [-0.2, 0) is 6.42 Å². The molecule has 0 bridgehead atoms. The summed E-state index contributed by atoms with van der Waals surface area (Å²) in [7, 11) is 0. The number of hydrogen-bond donors (Lipinski definition) is 1. The predicted octanol–water partition coefficient (Wildman–Crippen LogP) is 15.4. The van der Waals surface area contributed by atoms with E-state index in [0.29, 0.717) is 23.2 Å². The molecule has 0 aliphatic heterocycles. The number of para-hydroxylation sites is 1. The van der Waals surface area contributed by atoms with E-state index in [0.717, 1.165) is 56.6 Å². The SMILES string of the molecule is Nc1cc(-c2nc(-c3ccccc3-c3ccccc3)nc(-c3ccccc3-c3ccccc3)n2)ccc1C[C@@H]1c2ccccc2-c2ccc3c(c21)c1ccccc1n3-c1ccc2ccccc2c1. The number of rotatable bonds is 8. The number of nitrogens with two attached hydrogens (primary N) is 1. The molecular weight excluding hydrogens is 827 g/mol. The van der Waals surface area contributed by atoms with E-state index in [-0.39, 0.29) is 5.92 Å². The van der Waals surface area contributed by atoms with Gasteiger partial charge < -0.3 is 10.3 Å². The van der Waals surface area contributed by atoms with Crippen molar-refractivity contribution >= 4 is 38.3 Å². The van der Waals surface area contributed by atoms with Gasteiger partial charge >= 0.3 is 0 Å². The molecule has 0 fully saturated rings. The van der Waals surface area contributed by atoms with Gasteiger partial charge in [0.05, 0.1) is 11.0 Å². The molecule has 2 heterocycles. The highest BCUT2D eigenvalue weighted by atomic mass is 15.0. The summed E-state index contributed by atoms with van der Waals surface area (Å²) in [6.45, 7) is 0. The largest absolute Gasteiger partial charge is 0.398 e. The maximum atomic E-state index is 7.23. The van der Waals surface area contributed by atoms with Gasteiger partial charge in [-0.1, -0.05) is 200 Å². The lowest BCUT2D eigenvalue weighted by molar-refractivity contribution is 0.836. The maximum absolute atomic E-state index is 7.23. The fourth-order valence-corrected chi connectivity index (χ4v) is 10.7. The Morgan fingerprint density at radius 1 is 0.397 bits per heavy atom. The predicted molar refractivity (Wildman–Crippen MR) is 281 cm³/mol. The minimum atomic E-state index is 0.0771. The first-order chi connectivity index (χ1) is 33.6. The molecule has 2 aromatic heterocycles. The van der Waals surface area contributed by atoms with E-state index in [4.69, 9.17) is 20.7 Å². The van der Waals surface area contributed by atoms with Gasteiger partial charge in [0.1, 0.15) is 0 Å². The summed E-state index contributed by atoms with van der Waals surface area (Å²) in [6, 6.07) is 81.7. The van der Waals surface area contributed by atoms with E-state index in [9.17, 15) is 0 Å². The molecule has 0 radical (unpaired) electrons. The Kier molecular flexibility index (Phi) is 9.39. The minimum Gasteiger partial charge on any atom is -0.398 e. The Bertz CT molecular complexity index is 3810. The molecule has 12 aromatic rings. The van der Waals surface area contributed by atoms with Crippen molar-refractivity contribution in [3.63, 3.8) is 0 Å². The normalized spacial score (nSPS) is 13.0. The average molecular weight is 870 g/mol. The zero-order chi connectivity index (χ0) is 45.1. The van der Waals surface area contributed by atoms with Crippen LogP contribution in [-0.4, -0.2) is 19.5 Å². The quantitative estimate of drug-likeness (QED) is 0.154. The zero-order valence-corrected chi connectivity index (χ0v) is 37.1. The van der Waals surface area contributed by atoms with E-state index in [1.165, 1.54) is 54.8 Å². The Morgan fingerprint density at radius 3 is 1.66 bits per heavy atom. The third-order valence-corrected chi connectivity index (χ3v) is 13.8. The molecule has 0 saturated carbocycles. The number of hydrogen-bond acceptors (Lipinski definition) is 4. The number of aromatic nitrogens is 4. The van der Waals surface area contributed by atoms with Gasteiger partial charge in [-0.25, -0.2) is 15.0 Å². The standard InChI is InChI=1S/C63H43N5/c64-56-39-45(61-65-62(52-27-13-9-23-47(52)41-18-3-1-4-19-41)67-63(66-61)53-28-14-10-24-48(53)42-20-5-2-6-21-42)32-31-44(56)38-55-50-26-12-11-25-49(50)51-35-36-58-60(59(51)55)54-29-15-16-30-57(54)68(58)46-34-33-40-17-7-8-22-43(40)37-46/h1-37,39,55H,38,64H2/t55-/m1/s1. The number of benzene rings is 10. The second kappa shape index (κ2) is 16.2. The molecule has 13 rings (SSSR count). The highest BCUT2D eigenvalue weighted by Gasteiger charge is 2.33. The topological polar surface area (TPSA) is 69.6 Å². The molecular formula is C63H43N5. The lowest BCUT2D eigenvalue weighted by Crippen LogP contribution is -2.06. The van der Waals surface area contributed by atoms with Crippen LogP contribution in [0.25, 0.3) is 106 Å². The molecule has 68 heavy (non-hydrogen) atoms. The number of anilines is 1. The van der Waals surface area contributed by atoms with Crippen molar-refractivity contribution in [2.24, 2.45) is 0 Å². The van der Waals surface area contributed by atoms with E-state index in [1.54, 1.807) is 0 Å². The van der Waals surface area contributed by atoms with Crippen LogP contribution in [0.5, 0.6) is 0 Å². The third-order valence-electron chi connectivity index (χ3n) is 13.8. The van der Waals surface area contributed by atoms with Gasteiger partial charge in [0.2, 0.25) is 0 Å². The van der Waals surface area contributed by atoms with Crippen molar-refractivity contribution in [3.05, 3.63) is 247 Å². The number of nitrogens with zero attached hydrogens (tertiary/aromatic N) is 4. The first kappa shape index (κ1) is 39.4. The molecule has 1 atom stereocenters. The van der Waals surface area contributed by atoms with Crippen molar-refractivity contribution in [2.75, 3.05) is 5.73 Å². The lowest BCUT2D eigenvalue weighted by atomic mass is 9.87. The Hall–Kier alpha value is -8.93. The van der Waals surface area contributed by atoms with E-state index in [1.807, 2.05) is 24.3 Å². The summed E-state index contributed by atoms with van der Waals surface area (Å²) in [5.74, 6) is 1.84. The Balaban J connectivity index is 0.944. The van der Waals surface area contributed by atoms with Crippen molar-refractivity contribution in [1.82, 2.24) is 19.5 Å². The molecule has 320 valence electrons. The summed E-state index contributed by atoms with van der Waals surface area (Å²) >= 11 is 0. The lowest BCUT2D eigenvalue weighted by Gasteiger charge is -2.18. The molecule has 0 amide bonds. The van der Waals surface area contributed by atoms with Gasteiger partial charge in [-0.05, 0) is 97.6 Å². The van der Waals surface area contributed by atoms with E-state index in [2.05, 4.69) is 211 Å². The highest BCUT2D eigenvalue weighted by molar-refractivity contribution is 6.14. The van der Waals surface area contributed by atoms with Gasteiger partial charge in [-0.2, -0.15) is 0 Å². The summed E-state index contributed by atoms with van der Waals surface area (Å²) in [4.78, 5) is 15.7. The van der Waals surface area contributed by atoms with Crippen molar-refractivity contribution in [2.45, 2.75) is 12.3 Å². The summed E-state index contributed by atoms with van der Waals surface area (Å²) < 4.78 is 2.44. The Morgan fingerprint density at radius 2 is 0.971 bits per heavy atom. The summed E-state index contributed by atoms with van der Waals surface area (Å²) in [5, 5.41) is 4.99. The van der Waals surface area contributed by atoms with Crippen molar-refractivity contribution < 1.29 is 0 Å². The second-order valence-corrected chi connectivity index (χ2v) is 17.7. The number of fused-ring (bicyclic) bond motifs is 8. The molecule has 5 nitrogen and oxygen atoms in total. The third kappa shape index (κ3) is 6.58. The second-order valence-electron chi connectivity index (χ2n) is 17.7. The van der Waals surface area contributed by atoms with E-state index < -0.39 is 0 Å². The van der Waals surface area contributed by atoms with Gasteiger partial charge in [0, 0.05) is 44.8 Å². The van der Waals surface area contributed by atoms with Crippen LogP contribution < -0.4 is 5.73 Å². The minimum absolute atomic E-state index is 0.0771. The molecule has 0 spiro atoms. The van der Waals surface area contributed by atoms with E-state index >= 15 is 0 Å². The maximum Gasteiger partial charge on any atom is 0.164 e. The first-order valence-corrected chi connectivity index (χ1v) is 23.2. The highest BCUT2D eigenvalue weighted by Crippen LogP contribution is 2.52. The smallest absolute Gasteiger partial charge is 0.164 e. The zero-order valence-electron chi connectivity index (χ0n) is 37.1. The van der Waals surface area contributed by atoms with Crippen molar-refractivity contribution in [3.8, 4) is 73.2 Å². The van der Waals surface area contributed by atoms with Gasteiger partial charge in [-0.15, -0.1) is 0 Å². The molecule has 10 aromatic carbocycles. The van der Waals surface area contributed by atoms with Gasteiger partial charge in [-0.3, -0.25) is 0 Å². The van der Waals surface area contributed by atoms with Crippen LogP contribution in [0, 0.1) is 0 Å². The summed E-state index contributed by atoms with van der Waals surface area (Å²) in [5.41, 5.74) is 24.8. The molecule has 0 unspecified atom stereocenters. The fraction of sp³-hybridized carbons (Fsp3) is 0.0317. The first-order valence-electron chi connectivity index (χ1n) is 23.2. The summed E-state index contributed by atoms with van der Waals surface area (Å²) in [6.07, 6.45) is 0.729. The van der Waals surface area contributed by atoms with Gasteiger partial charge in [0.15, 0.2) is 17.5 Å². The molecule has 1 aliphatic rings. The van der Waals surface area contributed by atoms with Crippen molar-refractivity contribution in [1.29, 1.82) is 0 Å².